The van der Waals surface area contributed by atoms with Gasteiger partial charge in [-0.25, -0.2) is 4.68 Å². The molecule has 2 aliphatic heterocycles. The van der Waals surface area contributed by atoms with Crippen molar-refractivity contribution in [2.24, 2.45) is 5.41 Å². The van der Waals surface area contributed by atoms with Crippen LogP contribution in [0.1, 0.15) is 24.1 Å². The number of carbonyl (C=O) groups is 2. The molecule has 0 saturated carbocycles. The van der Waals surface area contributed by atoms with Gasteiger partial charge < -0.3 is 15.5 Å². The quantitative estimate of drug-likeness (QED) is 0.850. The van der Waals surface area contributed by atoms with Crippen LogP contribution in [0, 0.1) is 12.3 Å². The van der Waals surface area contributed by atoms with Crippen molar-refractivity contribution in [2.45, 2.75) is 32.7 Å². The Balaban J connectivity index is 1.35. The van der Waals surface area contributed by atoms with Crippen LogP contribution >= 0.6 is 0 Å². The molecule has 28 heavy (non-hydrogen) atoms. The van der Waals surface area contributed by atoms with Gasteiger partial charge in [-0.15, -0.1) is 0 Å². The van der Waals surface area contributed by atoms with Crippen molar-refractivity contribution in [2.75, 3.05) is 31.9 Å². The molecule has 7 nitrogen and oxygen atoms in total. The van der Waals surface area contributed by atoms with E-state index in [0.29, 0.717) is 18.9 Å². The molecule has 2 saturated heterocycles. The Morgan fingerprint density at radius 3 is 2.68 bits per heavy atom. The Hall–Kier alpha value is -2.83. The van der Waals surface area contributed by atoms with E-state index < -0.39 is 5.41 Å². The van der Waals surface area contributed by atoms with Gasteiger partial charge >= 0.3 is 0 Å². The fraction of sp³-hybridized carbons (Fsp3) is 0.476. The minimum Gasteiger partial charge on any atom is -0.384 e. The van der Waals surface area contributed by atoms with E-state index in [1.165, 1.54) is 10.2 Å². The standard InChI is InChI=1S/C21H27N5O2/c1-16-13-18(22)26(23-16)14-19(27)25-12-9-21(15-25)8-11-24(20(21)28)10-7-17-5-3-2-4-6-17/h2-6,13H,7-12,14-15,22H2,1H3. The molecule has 2 aromatic rings. The van der Waals surface area contributed by atoms with E-state index in [1.807, 2.05) is 30.0 Å². The van der Waals surface area contributed by atoms with Crippen LogP contribution in [0.25, 0.3) is 0 Å². The van der Waals surface area contributed by atoms with E-state index in [0.717, 1.165) is 38.0 Å². The summed E-state index contributed by atoms with van der Waals surface area (Å²) in [5.41, 5.74) is 7.53. The zero-order valence-electron chi connectivity index (χ0n) is 16.3. The molecule has 2 amide bonds. The van der Waals surface area contributed by atoms with Crippen molar-refractivity contribution < 1.29 is 9.59 Å². The fourth-order valence-electron chi connectivity index (χ4n) is 4.40. The average Bonchev–Trinajstić information content (AvgIpc) is 3.35. The Morgan fingerprint density at radius 2 is 1.96 bits per heavy atom. The number of amides is 2. The number of benzene rings is 1. The maximum absolute atomic E-state index is 13.1. The number of nitrogens with two attached hydrogens (primary N) is 1. The largest absolute Gasteiger partial charge is 0.384 e. The van der Waals surface area contributed by atoms with Crippen LogP contribution in [0.15, 0.2) is 36.4 Å². The van der Waals surface area contributed by atoms with E-state index in [2.05, 4.69) is 17.2 Å². The number of hydrogen-bond acceptors (Lipinski definition) is 4. The second-order valence-corrected chi connectivity index (χ2v) is 7.99. The molecule has 0 aliphatic carbocycles. The third-order valence-corrected chi connectivity index (χ3v) is 6.04. The first-order valence-electron chi connectivity index (χ1n) is 9.88. The van der Waals surface area contributed by atoms with Crippen molar-refractivity contribution in [3.8, 4) is 0 Å². The van der Waals surface area contributed by atoms with E-state index in [4.69, 9.17) is 5.73 Å². The first-order valence-corrected chi connectivity index (χ1v) is 9.88. The molecule has 3 heterocycles. The number of aromatic nitrogens is 2. The van der Waals surface area contributed by atoms with Crippen molar-refractivity contribution in [1.29, 1.82) is 0 Å². The van der Waals surface area contributed by atoms with Crippen LogP contribution in [-0.4, -0.2) is 57.6 Å². The number of nitrogens with zero attached hydrogens (tertiary/aromatic N) is 4. The lowest BCUT2D eigenvalue weighted by Gasteiger charge is -2.24. The van der Waals surface area contributed by atoms with Crippen LogP contribution in [0.5, 0.6) is 0 Å². The predicted molar refractivity (Wildman–Crippen MR) is 106 cm³/mol. The molecule has 1 aromatic heterocycles. The molecule has 148 valence electrons. The summed E-state index contributed by atoms with van der Waals surface area (Å²) in [7, 11) is 0. The number of anilines is 1. The summed E-state index contributed by atoms with van der Waals surface area (Å²) in [4.78, 5) is 29.6. The number of carbonyl (C=O) groups excluding carboxylic acids is 2. The van der Waals surface area contributed by atoms with Gasteiger partial charge in [0.25, 0.3) is 0 Å². The second-order valence-electron chi connectivity index (χ2n) is 7.99. The first kappa shape index (κ1) is 18.5. The van der Waals surface area contributed by atoms with Crippen LogP contribution in [-0.2, 0) is 22.6 Å². The zero-order valence-corrected chi connectivity index (χ0v) is 16.3. The highest BCUT2D eigenvalue weighted by atomic mass is 16.2. The number of likely N-dealkylation sites (tertiary alicyclic amines) is 2. The Bertz CT molecular complexity index is 878. The minimum absolute atomic E-state index is 0.0257. The molecule has 1 atom stereocenters. The highest BCUT2D eigenvalue weighted by Crippen LogP contribution is 2.40. The maximum atomic E-state index is 13.1. The Morgan fingerprint density at radius 1 is 1.21 bits per heavy atom. The van der Waals surface area contributed by atoms with Gasteiger partial charge in [0.1, 0.15) is 12.4 Å². The molecule has 2 aliphatic rings. The second kappa shape index (κ2) is 7.30. The highest BCUT2D eigenvalue weighted by Gasteiger charge is 2.51. The highest BCUT2D eigenvalue weighted by molar-refractivity contribution is 5.87. The minimum atomic E-state index is -0.405. The maximum Gasteiger partial charge on any atom is 0.244 e. The smallest absolute Gasteiger partial charge is 0.244 e. The SMILES string of the molecule is Cc1cc(N)n(CC(=O)N2CCC3(CCN(CCc4ccccc4)C3=O)C2)n1. The molecular formula is C21H27N5O2. The number of nitrogen functional groups attached to an aromatic ring is 1. The third kappa shape index (κ3) is 3.48. The molecule has 4 rings (SSSR count). The van der Waals surface area contributed by atoms with E-state index in [9.17, 15) is 9.59 Å². The van der Waals surface area contributed by atoms with Crippen LogP contribution in [0.4, 0.5) is 5.82 Å². The van der Waals surface area contributed by atoms with Crippen molar-refractivity contribution in [3.63, 3.8) is 0 Å². The van der Waals surface area contributed by atoms with E-state index >= 15 is 0 Å². The van der Waals surface area contributed by atoms with Crippen molar-refractivity contribution in [3.05, 3.63) is 47.7 Å². The number of rotatable bonds is 5. The van der Waals surface area contributed by atoms with Crippen LogP contribution < -0.4 is 5.73 Å². The van der Waals surface area contributed by atoms with Gasteiger partial charge in [0.2, 0.25) is 11.8 Å². The van der Waals surface area contributed by atoms with Gasteiger partial charge in [-0.1, -0.05) is 30.3 Å². The zero-order chi connectivity index (χ0) is 19.7. The molecule has 2 fully saturated rings. The lowest BCUT2D eigenvalue weighted by Crippen LogP contribution is -2.39. The Labute approximate surface area is 165 Å². The van der Waals surface area contributed by atoms with E-state index in [1.54, 1.807) is 11.0 Å². The fourth-order valence-corrected chi connectivity index (χ4v) is 4.40. The lowest BCUT2D eigenvalue weighted by atomic mass is 9.85. The van der Waals surface area contributed by atoms with Gasteiger partial charge in [-0.2, -0.15) is 5.10 Å². The van der Waals surface area contributed by atoms with Crippen molar-refractivity contribution in [1.82, 2.24) is 19.6 Å². The summed E-state index contributed by atoms with van der Waals surface area (Å²) >= 11 is 0. The molecule has 2 N–H and O–H groups in total. The van der Waals surface area contributed by atoms with Crippen molar-refractivity contribution >= 4 is 17.6 Å². The summed E-state index contributed by atoms with van der Waals surface area (Å²) < 4.78 is 1.53. The summed E-state index contributed by atoms with van der Waals surface area (Å²) in [5, 5.41) is 4.26. The normalized spacial score (nSPS) is 21.8. The van der Waals surface area contributed by atoms with Gasteiger partial charge in [0.15, 0.2) is 0 Å². The first-order chi connectivity index (χ1) is 13.5. The molecule has 0 bridgehead atoms. The predicted octanol–water partition coefficient (Wildman–Crippen LogP) is 1.47. The summed E-state index contributed by atoms with van der Waals surface area (Å²) in [6.07, 6.45) is 2.43. The van der Waals surface area contributed by atoms with Gasteiger partial charge in [-0.05, 0) is 31.7 Å². The molecular weight excluding hydrogens is 354 g/mol. The number of aryl methyl sites for hydroxylation is 1. The Kier molecular flexibility index (Phi) is 4.83. The lowest BCUT2D eigenvalue weighted by molar-refractivity contribution is -0.136. The van der Waals surface area contributed by atoms with E-state index in [-0.39, 0.29) is 18.4 Å². The monoisotopic (exact) mass is 381 g/mol. The number of hydrogen-bond donors (Lipinski definition) is 1. The van der Waals surface area contributed by atoms with Gasteiger partial charge in [0.05, 0.1) is 11.1 Å². The molecule has 1 unspecified atom stereocenters. The molecule has 1 spiro atoms. The summed E-state index contributed by atoms with van der Waals surface area (Å²) in [6, 6.07) is 12.0. The molecule has 7 heteroatoms. The molecule has 1 aromatic carbocycles. The van der Waals surface area contributed by atoms with Crippen LogP contribution in [0.2, 0.25) is 0 Å². The van der Waals surface area contributed by atoms with Gasteiger partial charge in [0, 0.05) is 32.2 Å². The summed E-state index contributed by atoms with van der Waals surface area (Å²) in [6.45, 7) is 4.62. The average molecular weight is 381 g/mol. The van der Waals surface area contributed by atoms with Crippen LogP contribution in [0.3, 0.4) is 0 Å². The van der Waals surface area contributed by atoms with Gasteiger partial charge in [-0.3, -0.25) is 9.59 Å². The summed E-state index contributed by atoms with van der Waals surface area (Å²) in [5.74, 6) is 0.666. The topological polar surface area (TPSA) is 84.5 Å². The molecule has 0 radical (unpaired) electrons. The third-order valence-electron chi connectivity index (χ3n) is 6.04.